The molecule has 0 aliphatic heterocycles. The number of hydrogen-bond donors (Lipinski definition) is 1. The van der Waals surface area contributed by atoms with Crippen LogP contribution in [0.15, 0.2) is 6.33 Å². The van der Waals surface area contributed by atoms with E-state index >= 15 is 0 Å². The lowest BCUT2D eigenvalue weighted by Crippen LogP contribution is -2.35. The van der Waals surface area contributed by atoms with Crippen LogP contribution >= 0.6 is 0 Å². The number of aromatic nitrogens is 3. The van der Waals surface area contributed by atoms with E-state index in [-0.39, 0.29) is 0 Å². The van der Waals surface area contributed by atoms with Gasteiger partial charge in [-0.3, -0.25) is 4.68 Å². The van der Waals surface area contributed by atoms with E-state index in [1.54, 1.807) is 6.33 Å². The van der Waals surface area contributed by atoms with Gasteiger partial charge in [0.2, 0.25) is 0 Å². The Kier molecular flexibility index (Phi) is 3.93. The Hall–Kier alpha value is -0.900. The van der Waals surface area contributed by atoms with Gasteiger partial charge in [-0.15, -0.1) is 0 Å². The second-order valence-corrected chi connectivity index (χ2v) is 4.64. The first-order chi connectivity index (χ1) is 7.85. The Morgan fingerprint density at radius 1 is 1.50 bits per heavy atom. The number of likely N-dealkylation sites (N-methyl/N-ethyl adjacent to an activating group) is 1. The molecule has 0 radical (unpaired) electrons. The molecule has 1 fully saturated rings. The van der Waals surface area contributed by atoms with Crippen LogP contribution in [0.2, 0.25) is 0 Å². The summed E-state index contributed by atoms with van der Waals surface area (Å²) in [6.07, 6.45) is 8.19. The van der Waals surface area contributed by atoms with Crippen molar-refractivity contribution in [3.05, 3.63) is 12.2 Å². The molecular formula is C12H22N4. The Bertz CT molecular complexity index is 315. The Morgan fingerprint density at radius 3 is 2.88 bits per heavy atom. The Labute approximate surface area is 97.5 Å². The Morgan fingerprint density at radius 2 is 2.25 bits per heavy atom. The van der Waals surface area contributed by atoms with E-state index < -0.39 is 0 Å². The molecule has 4 nitrogen and oxygen atoms in total. The molecule has 1 heterocycles. The van der Waals surface area contributed by atoms with Crippen molar-refractivity contribution in [2.75, 3.05) is 7.05 Å². The fourth-order valence-corrected chi connectivity index (χ4v) is 2.77. The van der Waals surface area contributed by atoms with Crippen molar-refractivity contribution in [1.29, 1.82) is 0 Å². The largest absolute Gasteiger partial charge is 0.316 e. The molecule has 0 saturated heterocycles. The van der Waals surface area contributed by atoms with Gasteiger partial charge in [-0.1, -0.05) is 12.8 Å². The van der Waals surface area contributed by atoms with E-state index in [2.05, 4.69) is 29.4 Å². The molecule has 1 aromatic heterocycles. The van der Waals surface area contributed by atoms with Crippen molar-refractivity contribution in [2.24, 2.45) is 5.92 Å². The van der Waals surface area contributed by atoms with Crippen molar-refractivity contribution >= 4 is 0 Å². The molecule has 2 rings (SSSR count). The van der Waals surface area contributed by atoms with Crippen LogP contribution in [-0.4, -0.2) is 27.9 Å². The van der Waals surface area contributed by atoms with Crippen molar-refractivity contribution in [2.45, 2.75) is 51.6 Å². The van der Waals surface area contributed by atoms with Crippen molar-refractivity contribution in [3.63, 3.8) is 0 Å². The Balaban J connectivity index is 2.00. The van der Waals surface area contributed by atoms with Crippen LogP contribution in [0.5, 0.6) is 0 Å². The van der Waals surface area contributed by atoms with Gasteiger partial charge >= 0.3 is 0 Å². The molecule has 0 spiro atoms. The first kappa shape index (κ1) is 11.6. The number of hydrogen-bond acceptors (Lipinski definition) is 3. The lowest BCUT2D eigenvalue weighted by molar-refractivity contribution is 0.366. The molecule has 0 bridgehead atoms. The first-order valence-electron chi connectivity index (χ1n) is 6.39. The minimum absolute atomic E-state index is 0.567. The molecule has 0 aromatic carbocycles. The van der Waals surface area contributed by atoms with Gasteiger partial charge in [-0.25, -0.2) is 4.98 Å². The summed E-state index contributed by atoms with van der Waals surface area (Å²) in [5, 5.41) is 7.68. The van der Waals surface area contributed by atoms with Crippen molar-refractivity contribution in [1.82, 2.24) is 20.1 Å². The summed E-state index contributed by atoms with van der Waals surface area (Å²) in [5.41, 5.74) is 0. The summed E-state index contributed by atoms with van der Waals surface area (Å²) in [4.78, 5) is 4.36. The molecule has 1 unspecified atom stereocenters. The summed E-state index contributed by atoms with van der Waals surface area (Å²) >= 11 is 0. The van der Waals surface area contributed by atoms with E-state index in [1.807, 2.05) is 4.68 Å². The van der Waals surface area contributed by atoms with Gasteiger partial charge in [0.15, 0.2) is 0 Å². The molecule has 1 aliphatic rings. The third-order valence-electron chi connectivity index (χ3n) is 3.74. The van der Waals surface area contributed by atoms with Crippen molar-refractivity contribution in [3.8, 4) is 0 Å². The maximum Gasteiger partial charge on any atom is 0.138 e. The van der Waals surface area contributed by atoms with Crippen LogP contribution in [0.3, 0.4) is 0 Å². The van der Waals surface area contributed by atoms with Crippen LogP contribution in [0.1, 0.15) is 38.4 Å². The molecule has 1 saturated carbocycles. The molecule has 1 aliphatic carbocycles. The van der Waals surface area contributed by atoms with Gasteiger partial charge in [0.1, 0.15) is 12.2 Å². The highest BCUT2D eigenvalue weighted by Crippen LogP contribution is 2.28. The monoisotopic (exact) mass is 222 g/mol. The predicted octanol–water partition coefficient (Wildman–Crippen LogP) is 1.62. The van der Waals surface area contributed by atoms with Gasteiger partial charge in [-0.2, -0.15) is 5.10 Å². The molecule has 1 atom stereocenters. The van der Waals surface area contributed by atoms with E-state index in [9.17, 15) is 0 Å². The summed E-state index contributed by atoms with van der Waals surface area (Å²) in [5.74, 6) is 1.95. The standard InChI is InChI=1S/C12H22N4/c1-3-16-12(14-9-15-16)8-11(13-2)10-6-4-5-7-10/h9-11,13H,3-8H2,1-2H3. The average Bonchev–Trinajstić information content (AvgIpc) is 2.96. The number of nitrogens with zero attached hydrogens (tertiary/aromatic N) is 3. The normalized spacial score (nSPS) is 19.1. The molecule has 16 heavy (non-hydrogen) atoms. The highest BCUT2D eigenvalue weighted by atomic mass is 15.3. The van der Waals surface area contributed by atoms with Crippen LogP contribution in [-0.2, 0) is 13.0 Å². The predicted molar refractivity (Wildman–Crippen MR) is 64.2 cm³/mol. The van der Waals surface area contributed by atoms with E-state index in [4.69, 9.17) is 0 Å². The second-order valence-electron chi connectivity index (χ2n) is 4.64. The zero-order valence-electron chi connectivity index (χ0n) is 10.3. The molecule has 1 N–H and O–H groups in total. The van der Waals surface area contributed by atoms with Gasteiger partial charge in [0.25, 0.3) is 0 Å². The number of aryl methyl sites for hydroxylation is 1. The topological polar surface area (TPSA) is 42.7 Å². The minimum Gasteiger partial charge on any atom is -0.316 e. The van der Waals surface area contributed by atoms with Gasteiger partial charge in [0, 0.05) is 19.0 Å². The highest BCUT2D eigenvalue weighted by molar-refractivity contribution is 4.92. The first-order valence-corrected chi connectivity index (χ1v) is 6.39. The number of rotatable bonds is 5. The maximum atomic E-state index is 4.36. The molecule has 4 heteroatoms. The summed E-state index contributed by atoms with van der Waals surface area (Å²) in [7, 11) is 2.07. The molecule has 1 aromatic rings. The fourth-order valence-electron chi connectivity index (χ4n) is 2.77. The minimum atomic E-state index is 0.567. The fraction of sp³-hybridized carbons (Fsp3) is 0.833. The van der Waals surface area contributed by atoms with Crippen LogP contribution in [0.4, 0.5) is 0 Å². The number of nitrogens with one attached hydrogen (secondary N) is 1. The highest BCUT2D eigenvalue weighted by Gasteiger charge is 2.25. The molecular weight excluding hydrogens is 200 g/mol. The summed E-state index contributed by atoms with van der Waals surface area (Å²) < 4.78 is 2.00. The zero-order valence-corrected chi connectivity index (χ0v) is 10.3. The third kappa shape index (κ3) is 2.43. The lowest BCUT2D eigenvalue weighted by atomic mass is 9.95. The molecule has 0 amide bonds. The summed E-state index contributed by atoms with van der Waals surface area (Å²) in [6.45, 7) is 3.03. The van der Waals surface area contributed by atoms with Crippen LogP contribution in [0.25, 0.3) is 0 Å². The lowest BCUT2D eigenvalue weighted by Gasteiger charge is -2.22. The van der Waals surface area contributed by atoms with Gasteiger partial charge in [-0.05, 0) is 32.7 Å². The quantitative estimate of drug-likeness (QED) is 0.823. The summed E-state index contributed by atoms with van der Waals surface area (Å²) in [6, 6.07) is 0.567. The van der Waals surface area contributed by atoms with E-state index in [1.165, 1.54) is 25.7 Å². The smallest absolute Gasteiger partial charge is 0.138 e. The van der Waals surface area contributed by atoms with E-state index in [0.717, 1.165) is 24.7 Å². The third-order valence-corrected chi connectivity index (χ3v) is 3.74. The van der Waals surface area contributed by atoms with Gasteiger partial charge in [0.05, 0.1) is 0 Å². The maximum absolute atomic E-state index is 4.36. The van der Waals surface area contributed by atoms with E-state index in [0.29, 0.717) is 6.04 Å². The van der Waals surface area contributed by atoms with Crippen LogP contribution in [0, 0.1) is 5.92 Å². The SMILES string of the molecule is CCn1ncnc1CC(NC)C1CCCC1. The van der Waals surface area contributed by atoms with Crippen LogP contribution < -0.4 is 5.32 Å². The second kappa shape index (κ2) is 5.43. The van der Waals surface area contributed by atoms with Crippen molar-refractivity contribution < 1.29 is 0 Å². The average molecular weight is 222 g/mol. The van der Waals surface area contributed by atoms with Gasteiger partial charge < -0.3 is 5.32 Å². The molecule has 90 valence electrons. The zero-order chi connectivity index (χ0) is 11.4.